The monoisotopic (exact) mass is 252 g/mol. The van der Waals surface area contributed by atoms with E-state index < -0.39 is 0 Å². The number of nitrogens with zero attached hydrogens (tertiary/aromatic N) is 1. The van der Waals surface area contributed by atoms with Crippen LogP contribution in [0.25, 0.3) is 0 Å². The van der Waals surface area contributed by atoms with Gasteiger partial charge in [-0.15, -0.1) is 11.3 Å². The van der Waals surface area contributed by atoms with Crippen LogP contribution in [0.2, 0.25) is 0 Å². The first kappa shape index (κ1) is 13.0. The molecule has 2 atom stereocenters. The van der Waals surface area contributed by atoms with Crippen LogP contribution in [0.4, 0.5) is 0 Å². The summed E-state index contributed by atoms with van der Waals surface area (Å²) in [4.78, 5) is 4.73. The van der Waals surface area contributed by atoms with Crippen molar-refractivity contribution in [3.8, 4) is 0 Å². The molecule has 1 N–H and O–H groups in total. The Morgan fingerprint density at radius 1 is 1.47 bits per heavy atom. The zero-order chi connectivity index (χ0) is 12.3. The highest BCUT2D eigenvalue weighted by molar-refractivity contribution is 7.09. The van der Waals surface area contributed by atoms with Gasteiger partial charge in [-0.25, -0.2) is 4.98 Å². The molecule has 0 amide bonds. The van der Waals surface area contributed by atoms with Gasteiger partial charge in [0.15, 0.2) is 0 Å². The van der Waals surface area contributed by atoms with E-state index in [0.717, 1.165) is 11.6 Å². The Hall–Kier alpha value is -0.410. The van der Waals surface area contributed by atoms with E-state index in [2.05, 4.69) is 31.6 Å². The Labute approximate surface area is 109 Å². The molecule has 1 aliphatic rings. The number of rotatable bonds is 3. The number of aromatic nitrogens is 1. The van der Waals surface area contributed by atoms with Crippen LogP contribution >= 0.6 is 11.3 Å². The number of thiazole rings is 1. The number of hydrogen-bond donors (Lipinski definition) is 1. The second-order valence-electron chi connectivity index (χ2n) is 5.33. The summed E-state index contributed by atoms with van der Waals surface area (Å²) in [6.45, 7) is 4.42. The molecule has 2 unspecified atom stereocenters. The van der Waals surface area contributed by atoms with Crippen molar-refractivity contribution in [2.24, 2.45) is 5.92 Å². The van der Waals surface area contributed by atoms with Gasteiger partial charge in [-0.3, -0.25) is 0 Å². The molecule has 1 heterocycles. The summed E-state index contributed by atoms with van der Waals surface area (Å²) < 4.78 is 0. The average Bonchev–Trinajstić information content (AvgIpc) is 2.67. The van der Waals surface area contributed by atoms with Crippen molar-refractivity contribution in [3.63, 3.8) is 0 Å². The molecule has 0 spiro atoms. The largest absolute Gasteiger partial charge is 0.308 e. The standard InChI is InChI=1S/C14H24N2S/c1-4-12-6-5-8-14(15-3,9-7-12)13-16-11(2)10-17-13/h10,12,15H,4-9H2,1-3H3. The molecule has 1 saturated carbocycles. The second-order valence-corrected chi connectivity index (χ2v) is 6.19. The molecule has 17 heavy (non-hydrogen) atoms. The Kier molecular flexibility index (Phi) is 4.21. The van der Waals surface area contributed by atoms with Gasteiger partial charge >= 0.3 is 0 Å². The second kappa shape index (κ2) is 5.49. The lowest BCUT2D eigenvalue weighted by molar-refractivity contribution is 0.306. The van der Waals surface area contributed by atoms with Gasteiger partial charge in [-0.2, -0.15) is 0 Å². The lowest BCUT2D eigenvalue weighted by Gasteiger charge is -2.30. The fourth-order valence-corrected chi connectivity index (χ4v) is 4.03. The number of aryl methyl sites for hydroxylation is 1. The summed E-state index contributed by atoms with van der Waals surface area (Å²) in [6, 6.07) is 0. The van der Waals surface area contributed by atoms with Crippen molar-refractivity contribution in [2.75, 3.05) is 7.05 Å². The van der Waals surface area contributed by atoms with Crippen LogP contribution in [0.15, 0.2) is 5.38 Å². The van der Waals surface area contributed by atoms with Gasteiger partial charge < -0.3 is 5.32 Å². The molecule has 96 valence electrons. The maximum atomic E-state index is 4.73. The first-order valence-electron chi connectivity index (χ1n) is 6.81. The molecular formula is C14H24N2S. The summed E-state index contributed by atoms with van der Waals surface area (Å²) in [6.07, 6.45) is 7.89. The van der Waals surface area contributed by atoms with Crippen molar-refractivity contribution in [1.29, 1.82) is 0 Å². The lowest BCUT2D eigenvalue weighted by atomic mass is 9.90. The average molecular weight is 252 g/mol. The minimum absolute atomic E-state index is 0.156. The maximum absolute atomic E-state index is 4.73. The molecule has 0 bridgehead atoms. The van der Waals surface area contributed by atoms with Crippen molar-refractivity contribution in [3.05, 3.63) is 16.1 Å². The van der Waals surface area contributed by atoms with Crippen LogP contribution in [0, 0.1) is 12.8 Å². The van der Waals surface area contributed by atoms with E-state index in [-0.39, 0.29) is 5.54 Å². The first-order chi connectivity index (χ1) is 8.20. The molecule has 2 rings (SSSR count). The van der Waals surface area contributed by atoms with E-state index in [0.29, 0.717) is 0 Å². The maximum Gasteiger partial charge on any atom is 0.113 e. The molecule has 1 aromatic rings. The van der Waals surface area contributed by atoms with Crippen molar-refractivity contribution in [2.45, 2.75) is 57.9 Å². The molecule has 1 aromatic heterocycles. The van der Waals surface area contributed by atoms with E-state index in [1.165, 1.54) is 43.5 Å². The zero-order valence-corrected chi connectivity index (χ0v) is 12.1. The van der Waals surface area contributed by atoms with Crippen molar-refractivity contribution < 1.29 is 0 Å². The fourth-order valence-electron chi connectivity index (χ4n) is 2.97. The van der Waals surface area contributed by atoms with Crippen LogP contribution in [-0.4, -0.2) is 12.0 Å². The highest BCUT2D eigenvalue weighted by atomic mass is 32.1. The molecule has 0 aliphatic heterocycles. The van der Waals surface area contributed by atoms with Crippen LogP contribution in [0.3, 0.4) is 0 Å². The summed E-state index contributed by atoms with van der Waals surface area (Å²) >= 11 is 1.82. The van der Waals surface area contributed by atoms with E-state index in [1.54, 1.807) is 0 Å². The normalized spacial score (nSPS) is 30.2. The lowest BCUT2D eigenvalue weighted by Crippen LogP contribution is -2.39. The molecule has 1 aliphatic carbocycles. The minimum atomic E-state index is 0.156. The summed E-state index contributed by atoms with van der Waals surface area (Å²) in [5.41, 5.74) is 1.32. The van der Waals surface area contributed by atoms with Crippen LogP contribution in [0.5, 0.6) is 0 Å². The molecule has 3 heteroatoms. The first-order valence-corrected chi connectivity index (χ1v) is 7.69. The Bertz CT molecular complexity index is 361. The van der Waals surface area contributed by atoms with Gasteiger partial charge in [-0.05, 0) is 39.2 Å². The fraction of sp³-hybridized carbons (Fsp3) is 0.786. The smallest absolute Gasteiger partial charge is 0.113 e. The van der Waals surface area contributed by atoms with Gasteiger partial charge in [0.25, 0.3) is 0 Å². The van der Waals surface area contributed by atoms with Gasteiger partial charge in [0.1, 0.15) is 5.01 Å². The minimum Gasteiger partial charge on any atom is -0.308 e. The van der Waals surface area contributed by atoms with Crippen LogP contribution in [0.1, 0.15) is 56.2 Å². The third-order valence-corrected chi connectivity index (χ3v) is 5.44. The van der Waals surface area contributed by atoms with E-state index in [9.17, 15) is 0 Å². The quantitative estimate of drug-likeness (QED) is 0.826. The zero-order valence-electron chi connectivity index (χ0n) is 11.3. The Morgan fingerprint density at radius 3 is 2.88 bits per heavy atom. The topological polar surface area (TPSA) is 24.9 Å². The molecule has 0 radical (unpaired) electrons. The summed E-state index contributed by atoms with van der Waals surface area (Å²) in [5.74, 6) is 0.922. The predicted molar refractivity (Wildman–Crippen MR) is 74.5 cm³/mol. The van der Waals surface area contributed by atoms with E-state index in [1.807, 2.05) is 11.3 Å². The SMILES string of the molecule is CCC1CCCC(NC)(c2nc(C)cs2)CC1. The van der Waals surface area contributed by atoms with Gasteiger partial charge in [0, 0.05) is 11.1 Å². The van der Waals surface area contributed by atoms with Crippen LogP contribution < -0.4 is 5.32 Å². The van der Waals surface area contributed by atoms with Gasteiger partial charge in [0.2, 0.25) is 0 Å². The summed E-state index contributed by atoms with van der Waals surface area (Å²) in [5, 5.41) is 7.06. The number of nitrogens with one attached hydrogen (secondary N) is 1. The van der Waals surface area contributed by atoms with Crippen molar-refractivity contribution >= 4 is 11.3 Å². The van der Waals surface area contributed by atoms with Gasteiger partial charge in [-0.1, -0.05) is 26.2 Å². The Morgan fingerprint density at radius 2 is 2.29 bits per heavy atom. The molecule has 0 aromatic carbocycles. The molecular weight excluding hydrogens is 228 g/mol. The molecule has 1 fully saturated rings. The van der Waals surface area contributed by atoms with Crippen LogP contribution in [-0.2, 0) is 5.54 Å². The Balaban J connectivity index is 2.19. The summed E-state index contributed by atoms with van der Waals surface area (Å²) in [7, 11) is 2.10. The van der Waals surface area contributed by atoms with E-state index in [4.69, 9.17) is 4.98 Å². The highest BCUT2D eigenvalue weighted by Gasteiger charge is 2.35. The van der Waals surface area contributed by atoms with Crippen molar-refractivity contribution in [1.82, 2.24) is 10.3 Å². The highest BCUT2D eigenvalue weighted by Crippen LogP contribution is 2.39. The third kappa shape index (κ3) is 2.71. The third-order valence-electron chi connectivity index (χ3n) is 4.28. The van der Waals surface area contributed by atoms with E-state index >= 15 is 0 Å². The molecule has 2 nitrogen and oxygen atoms in total. The number of hydrogen-bond acceptors (Lipinski definition) is 3. The predicted octanol–water partition coefficient (Wildman–Crippen LogP) is 3.86. The molecule has 0 saturated heterocycles. The van der Waals surface area contributed by atoms with Gasteiger partial charge in [0.05, 0.1) is 5.54 Å².